The van der Waals surface area contributed by atoms with Crippen LogP contribution in [0.4, 0.5) is 8.78 Å². The predicted molar refractivity (Wildman–Crippen MR) is 108 cm³/mol. The fourth-order valence-electron chi connectivity index (χ4n) is 4.56. The Morgan fingerprint density at radius 3 is 2.62 bits per heavy atom. The highest BCUT2D eigenvalue weighted by molar-refractivity contribution is 5.58. The first-order chi connectivity index (χ1) is 15.4. The summed E-state index contributed by atoms with van der Waals surface area (Å²) in [6, 6.07) is 12.4. The Labute approximate surface area is 183 Å². The van der Waals surface area contributed by atoms with Crippen LogP contribution < -0.4 is 10.5 Å². The van der Waals surface area contributed by atoms with Crippen LogP contribution in [0.3, 0.4) is 0 Å². The van der Waals surface area contributed by atoms with E-state index in [9.17, 15) is 24.6 Å². The molecular weight excluding hydrogens is 414 g/mol. The highest BCUT2D eigenvalue weighted by Gasteiger charge is 2.55. The lowest BCUT2D eigenvalue weighted by Gasteiger charge is -2.42. The van der Waals surface area contributed by atoms with E-state index in [4.69, 9.17) is 14.9 Å². The standard InChI is InChI=1S/C24H18F2N4O2/c25-14-5-7-20(19(26)9-14)31-11-15-6-8-21(32-15)22-17-4-2-1-3-16(17)18(10-27)23(30)24(22,12-28)13-29/h3,5-9,17,22H,1-2,4,11,30H2. The minimum Gasteiger partial charge on any atom is -0.483 e. The molecule has 1 aromatic heterocycles. The molecule has 2 N–H and O–H groups in total. The van der Waals surface area contributed by atoms with Crippen LogP contribution in [0.5, 0.6) is 5.75 Å². The third-order valence-corrected chi connectivity index (χ3v) is 6.05. The minimum atomic E-state index is -1.76. The van der Waals surface area contributed by atoms with Crippen molar-refractivity contribution in [3.8, 4) is 24.0 Å². The molecule has 1 aromatic carbocycles. The molecule has 0 saturated carbocycles. The Balaban J connectivity index is 1.70. The van der Waals surface area contributed by atoms with Crippen molar-refractivity contribution in [2.45, 2.75) is 31.8 Å². The molecule has 1 heterocycles. The molecule has 2 aliphatic rings. The number of hydrogen-bond donors (Lipinski definition) is 1. The maximum absolute atomic E-state index is 13.8. The molecule has 4 rings (SSSR count). The van der Waals surface area contributed by atoms with E-state index in [1.165, 1.54) is 6.07 Å². The first kappa shape index (κ1) is 21.2. The van der Waals surface area contributed by atoms with Crippen molar-refractivity contribution in [1.82, 2.24) is 0 Å². The van der Waals surface area contributed by atoms with E-state index in [1.807, 2.05) is 18.2 Å². The smallest absolute Gasteiger partial charge is 0.194 e. The van der Waals surface area contributed by atoms with Crippen molar-refractivity contribution in [3.63, 3.8) is 0 Å². The van der Waals surface area contributed by atoms with E-state index in [1.54, 1.807) is 12.1 Å². The van der Waals surface area contributed by atoms with E-state index in [0.717, 1.165) is 30.5 Å². The summed E-state index contributed by atoms with van der Waals surface area (Å²) in [6.45, 7) is -0.135. The number of fused-ring (bicyclic) bond motifs is 1. The number of nitrogens with two attached hydrogens (primary N) is 1. The summed E-state index contributed by atoms with van der Waals surface area (Å²) in [7, 11) is 0. The lowest BCUT2D eigenvalue weighted by Crippen LogP contribution is -2.42. The zero-order valence-electron chi connectivity index (χ0n) is 16.9. The van der Waals surface area contributed by atoms with Gasteiger partial charge in [0.05, 0.1) is 29.3 Å². The quantitative estimate of drug-likeness (QED) is 0.746. The molecule has 32 heavy (non-hydrogen) atoms. The largest absolute Gasteiger partial charge is 0.483 e. The van der Waals surface area contributed by atoms with E-state index >= 15 is 0 Å². The minimum absolute atomic E-state index is 0.0676. The average molecular weight is 432 g/mol. The number of allylic oxidation sites excluding steroid dienone is 4. The van der Waals surface area contributed by atoms with Gasteiger partial charge >= 0.3 is 0 Å². The van der Waals surface area contributed by atoms with Crippen LogP contribution in [0.25, 0.3) is 0 Å². The van der Waals surface area contributed by atoms with E-state index in [-0.39, 0.29) is 29.5 Å². The maximum Gasteiger partial charge on any atom is 0.194 e. The number of hydrogen-bond acceptors (Lipinski definition) is 6. The summed E-state index contributed by atoms with van der Waals surface area (Å²) in [6.07, 6.45) is 4.24. The van der Waals surface area contributed by atoms with Gasteiger partial charge in [-0.2, -0.15) is 15.8 Å². The van der Waals surface area contributed by atoms with Gasteiger partial charge in [-0.05, 0) is 55.0 Å². The van der Waals surface area contributed by atoms with Gasteiger partial charge in [-0.3, -0.25) is 0 Å². The summed E-state index contributed by atoms with van der Waals surface area (Å²) in [4.78, 5) is 0. The molecule has 2 aliphatic carbocycles. The van der Waals surface area contributed by atoms with Gasteiger partial charge in [-0.15, -0.1) is 0 Å². The van der Waals surface area contributed by atoms with Crippen molar-refractivity contribution >= 4 is 0 Å². The molecule has 0 saturated heterocycles. The Morgan fingerprint density at radius 2 is 1.94 bits per heavy atom. The first-order valence-corrected chi connectivity index (χ1v) is 10.0. The number of furan rings is 1. The maximum atomic E-state index is 13.8. The third-order valence-electron chi connectivity index (χ3n) is 6.05. The van der Waals surface area contributed by atoms with Crippen molar-refractivity contribution in [1.29, 1.82) is 15.8 Å². The number of ether oxygens (including phenoxy) is 1. The van der Waals surface area contributed by atoms with Crippen molar-refractivity contribution < 1.29 is 17.9 Å². The fourth-order valence-corrected chi connectivity index (χ4v) is 4.56. The van der Waals surface area contributed by atoms with Gasteiger partial charge in [-0.25, -0.2) is 8.78 Å². The molecule has 6 nitrogen and oxygen atoms in total. The zero-order valence-corrected chi connectivity index (χ0v) is 16.9. The Kier molecular flexibility index (Phi) is 5.43. The molecule has 2 unspecified atom stereocenters. The molecule has 0 amide bonds. The second-order valence-corrected chi connectivity index (χ2v) is 7.77. The van der Waals surface area contributed by atoms with E-state index < -0.39 is 23.0 Å². The molecule has 0 radical (unpaired) electrons. The van der Waals surface area contributed by atoms with Crippen LogP contribution in [0.2, 0.25) is 0 Å². The highest BCUT2D eigenvalue weighted by atomic mass is 19.1. The molecular formula is C24H18F2N4O2. The normalized spacial score (nSPS) is 21.5. The van der Waals surface area contributed by atoms with E-state index in [0.29, 0.717) is 17.9 Å². The van der Waals surface area contributed by atoms with Gasteiger partial charge < -0.3 is 14.9 Å². The number of rotatable bonds is 4. The van der Waals surface area contributed by atoms with Crippen LogP contribution >= 0.6 is 0 Å². The van der Waals surface area contributed by atoms with Crippen molar-refractivity contribution in [2.75, 3.05) is 0 Å². The van der Waals surface area contributed by atoms with Crippen LogP contribution in [0, 0.1) is 57.0 Å². The molecule has 8 heteroatoms. The van der Waals surface area contributed by atoms with Crippen molar-refractivity contribution in [2.24, 2.45) is 17.1 Å². The predicted octanol–water partition coefficient (Wildman–Crippen LogP) is 4.73. The Morgan fingerprint density at radius 1 is 1.16 bits per heavy atom. The first-order valence-electron chi connectivity index (χ1n) is 10.0. The number of nitriles is 3. The van der Waals surface area contributed by atoms with Gasteiger partial charge in [0.15, 0.2) is 17.0 Å². The summed E-state index contributed by atoms with van der Waals surface area (Å²) < 4.78 is 38.2. The summed E-state index contributed by atoms with van der Waals surface area (Å²) in [5.41, 5.74) is 5.33. The third kappa shape index (κ3) is 3.29. The number of nitrogens with zero attached hydrogens (tertiary/aromatic N) is 3. The highest BCUT2D eigenvalue weighted by Crippen LogP contribution is 2.56. The van der Waals surface area contributed by atoms with Gasteiger partial charge in [0.2, 0.25) is 0 Å². The molecule has 0 bridgehead atoms. The van der Waals surface area contributed by atoms with Gasteiger partial charge in [0.1, 0.15) is 30.0 Å². The van der Waals surface area contributed by atoms with Crippen LogP contribution in [-0.4, -0.2) is 0 Å². The average Bonchev–Trinajstić information content (AvgIpc) is 3.26. The Hall–Kier alpha value is -4.09. The number of halogens is 2. The second kappa shape index (κ2) is 8.21. The SMILES string of the molecule is N#CC1=C(N)C(C#N)(C#N)C(c2ccc(COc3ccc(F)cc3F)o2)C2CCCC=C12. The molecule has 0 spiro atoms. The van der Waals surface area contributed by atoms with Gasteiger partial charge in [0, 0.05) is 6.07 Å². The lowest BCUT2D eigenvalue weighted by molar-refractivity contribution is 0.232. The lowest BCUT2D eigenvalue weighted by atomic mass is 9.58. The van der Waals surface area contributed by atoms with Crippen molar-refractivity contribution in [3.05, 3.63) is 76.4 Å². The molecule has 2 atom stereocenters. The fraction of sp³-hybridized carbons (Fsp3) is 0.292. The molecule has 2 aromatic rings. The van der Waals surface area contributed by atoms with Crippen LogP contribution in [0.1, 0.15) is 36.7 Å². The van der Waals surface area contributed by atoms with Gasteiger partial charge in [-0.1, -0.05) is 6.08 Å². The van der Waals surface area contributed by atoms with Crippen LogP contribution in [0.15, 0.2) is 57.7 Å². The second-order valence-electron chi connectivity index (χ2n) is 7.77. The summed E-state index contributed by atoms with van der Waals surface area (Å²) in [5.74, 6) is -1.97. The molecule has 0 fully saturated rings. The monoisotopic (exact) mass is 432 g/mol. The summed E-state index contributed by atoms with van der Waals surface area (Å²) >= 11 is 0. The Bertz CT molecular complexity index is 1240. The summed E-state index contributed by atoms with van der Waals surface area (Å²) in [5, 5.41) is 29.7. The number of benzene rings is 1. The molecule has 160 valence electrons. The van der Waals surface area contributed by atoms with Gasteiger partial charge in [0.25, 0.3) is 0 Å². The molecule has 0 aliphatic heterocycles. The zero-order chi connectivity index (χ0) is 22.9. The topological polar surface area (TPSA) is 120 Å². The van der Waals surface area contributed by atoms with Crippen LogP contribution in [-0.2, 0) is 6.61 Å². The van der Waals surface area contributed by atoms with E-state index in [2.05, 4.69) is 6.07 Å².